The van der Waals surface area contributed by atoms with E-state index in [1.54, 1.807) is 0 Å². The third kappa shape index (κ3) is 2.61. The molecule has 2 rings (SSSR count). The first-order chi connectivity index (χ1) is 8.50. The average molecular weight is 245 g/mol. The van der Waals surface area contributed by atoms with Crippen molar-refractivity contribution < 1.29 is 9.59 Å². The topological polar surface area (TPSA) is 37.4 Å². The summed E-state index contributed by atoms with van der Waals surface area (Å²) < 4.78 is 0. The molecule has 0 saturated carbocycles. The van der Waals surface area contributed by atoms with Crippen LogP contribution in [0.4, 0.5) is 0 Å². The Kier molecular flexibility index (Phi) is 3.50. The standard InChI is InChI=1S/C15H19NO2/c1-15(2)10-8-13(17)16(14(15)18)11-9-12-6-4-3-5-7-12/h3-7H,8-11H2,1-2H3. The first kappa shape index (κ1) is 12.8. The van der Waals surface area contributed by atoms with Crippen molar-refractivity contribution in [3.8, 4) is 0 Å². The van der Waals surface area contributed by atoms with Gasteiger partial charge in [-0.05, 0) is 18.4 Å². The Labute approximate surface area is 108 Å². The van der Waals surface area contributed by atoms with E-state index < -0.39 is 5.41 Å². The molecule has 1 aliphatic heterocycles. The minimum atomic E-state index is -0.398. The van der Waals surface area contributed by atoms with Gasteiger partial charge in [0.05, 0.1) is 0 Å². The first-order valence-electron chi connectivity index (χ1n) is 6.39. The van der Waals surface area contributed by atoms with E-state index in [9.17, 15) is 9.59 Å². The van der Waals surface area contributed by atoms with Gasteiger partial charge in [0.1, 0.15) is 0 Å². The number of likely N-dealkylation sites (tertiary alicyclic amines) is 1. The molecule has 1 fully saturated rings. The number of amides is 2. The summed E-state index contributed by atoms with van der Waals surface area (Å²) >= 11 is 0. The number of rotatable bonds is 3. The van der Waals surface area contributed by atoms with Crippen molar-refractivity contribution in [1.82, 2.24) is 4.90 Å². The molecule has 0 N–H and O–H groups in total. The quantitative estimate of drug-likeness (QED) is 0.767. The van der Waals surface area contributed by atoms with Gasteiger partial charge in [-0.1, -0.05) is 44.2 Å². The van der Waals surface area contributed by atoms with Gasteiger partial charge in [-0.25, -0.2) is 0 Å². The summed E-state index contributed by atoms with van der Waals surface area (Å²) in [5, 5.41) is 0. The lowest BCUT2D eigenvalue weighted by atomic mass is 9.82. The van der Waals surface area contributed by atoms with Crippen LogP contribution in [-0.4, -0.2) is 23.3 Å². The summed E-state index contributed by atoms with van der Waals surface area (Å²) in [6.07, 6.45) is 1.87. The predicted molar refractivity (Wildman–Crippen MR) is 69.9 cm³/mol. The molecule has 1 aromatic rings. The van der Waals surface area contributed by atoms with Gasteiger partial charge in [-0.15, -0.1) is 0 Å². The van der Waals surface area contributed by atoms with Gasteiger partial charge in [0.15, 0.2) is 0 Å². The molecule has 0 aromatic heterocycles. The Morgan fingerprint density at radius 2 is 1.83 bits per heavy atom. The Hall–Kier alpha value is -1.64. The Morgan fingerprint density at radius 1 is 1.17 bits per heavy atom. The van der Waals surface area contributed by atoms with Crippen molar-refractivity contribution in [3.63, 3.8) is 0 Å². The van der Waals surface area contributed by atoms with E-state index in [4.69, 9.17) is 0 Å². The van der Waals surface area contributed by atoms with Gasteiger partial charge < -0.3 is 0 Å². The van der Waals surface area contributed by atoms with Gasteiger partial charge in [0.25, 0.3) is 0 Å². The molecule has 2 amide bonds. The maximum absolute atomic E-state index is 12.2. The van der Waals surface area contributed by atoms with Crippen LogP contribution < -0.4 is 0 Å². The van der Waals surface area contributed by atoms with Gasteiger partial charge in [0, 0.05) is 18.4 Å². The Bertz CT molecular complexity index is 451. The molecule has 0 bridgehead atoms. The minimum Gasteiger partial charge on any atom is -0.282 e. The second-order valence-corrected chi connectivity index (χ2v) is 5.47. The van der Waals surface area contributed by atoms with Crippen LogP contribution in [0, 0.1) is 5.41 Å². The lowest BCUT2D eigenvalue weighted by Gasteiger charge is -2.35. The molecule has 1 aliphatic rings. The lowest BCUT2D eigenvalue weighted by Crippen LogP contribution is -2.49. The van der Waals surface area contributed by atoms with Crippen LogP contribution in [0.15, 0.2) is 30.3 Å². The second kappa shape index (κ2) is 4.92. The summed E-state index contributed by atoms with van der Waals surface area (Å²) in [7, 11) is 0. The van der Waals surface area contributed by atoms with Crippen molar-refractivity contribution in [2.45, 2.75) is 33.1 Å². The molecule has 0 spiro atoms. The number of carbonyl (C=O) groups excluding carboxylic acids is 2. The molecule has 18 heavy (non-hydrogen) atoms. The van der Waals surface area contributed by atoms with Crippen molar-refractivity contribution >= 4 is 11.8 Å². The monoisotopic (exact) mass is 245 g/mol. The molecule has 1 saturated heterocycles. The maximum Gasteiger partial charge on any atom is 0.234 e. The SMILES string of the molecule is CC1(C)CCC(=O)N(CCc2ccccc2)C1=O. The summed E-state index contributed by atoms with van der Waals surface area (Å²) in [6.45, 7) is 4.32. The fourth-order valence-corrected chi connectivity index (χ4v) is 2.25. The molecule has 0 aliphatic carbocycles. The van der Waals surface area contributed by atoms with Crippen molar-refractivity contribution in [2.75, 3.05) is 6.54 Å². The van der Waals surface area contributed by atoms with E-state index in [0.29, 0.717) is 19.4 Å². The van der Waals surface area contributed by atoms with E-state index in [1.165, 1.54) is 4.90 Å². The maximum atomic E-state index is 12.2. The smallest absolute Gasteiger partial charge is 0.234 e. The first-order valence-corrected chi connectivity index (χ1v) is 6.39. The summed E-state index contributed by atoms with van der Waals surface area (Å²) in [4.78, 5) is 25.4. The van der Waals surface area contributed by atoms with Crippen molar-refractivity contribution in [1.29, 1.82) is 0 Å². The molecule has 0 radical (unpaired) electrons. The molecular formula is C15H19NO2. The molecule has 0 unspecified atom stereocenters. The number of imide groups is 1. The number of piperidine rings is 1. The van der Waals surface area contributed by atoms with Gasteiger partial charge >= 0.3 is 0 Å². The van der Waals surface area contributed by atoms with E-state index in [2.05, 4.69) is 0 Å². The minimum absolute atomic E-state index is 0.0322. The molecular weight excluding hydrogens is 226 g/mol. The van der Waals surface area contributed by atoms with Gasteiger partial charge in [-0.2, -0.15) is 0 Å². The number of carbonyl (C=O) groups is 2. The van der Waals surface area contributed by atoms with Crippen LogP contribution in [0.3, 0.4) is 0 Å². The van der Waals surface area contributed by atoms with Crippen LogP contribution in [0.25, 0.3) is 0 Å². The molecule has 1 aromatic carbocycles. The summed E-state index contributed by atoms with van der Waals surface area (Å²) in [6, 6.07) is 9.94. The highest BCUT2D eigenvalue weighted by atomic mass is 16.2. The van der Waals surface area contributed by atoms with Gasteiger partial charge in [0.2, 0.25) is 11.8 Å². The highest BCUT2D eigenvalue weighted by Gasteiger charge is 2.39. The fourth-order valence-electron chi connectivity index (χ4n) is 2.25. The molecule has 0 atom stereocenters. The normalized spacial score (nSPS) is 19.1. The second-order valence-electron chi connectivity index (χ2n) is 5.47. The van der Waals surface area contributed by atoms with E-state index in [1.807, 2.05) is 44.2 Å². The average Bonchev–Trinajstić information content (AvgIpc) is 2.36. The lowest BCUT2D eigenvalue weighted by molar-refractivity contribution is -0.155. The number of nitrogens with zero attached hydrogens (tertiary/aromatic N) is 1. The van der Waals surface area contributed by atoms with Crippen molar-refractivity contribution in [2.24, 2.45) is 5.41 Å². The molecule has 96 valence electrons. The summed E-state index contributed by atoms with van der Waals surface area (Å²) in [5.74, 6) is -0.0649. The number of hydrogen-bond acceptors (Lipinski definition) is 2. The highest BCUT2D eigenvalue weighted by molar-refractivity contribution is 6.00. The zero-order valence-electron chi connectivity index (χ0n) is 11.0. The van der Waals surface area contributed by atoms with Crippen LogP contribution in [0.1, 0.15) is 32.3 Å². The van der Waals surface area contributed by atoms with E-state index >= 15 is 0 Å². The third-order valence-electron chi connectivity index (χ3n) is 3.56. The fraction of sp³-hybridized carbons (Fsp3) is 0.467. The Morgan fingerprint density at radius 3 is 2.50 bits per heavy atom. The van der Waals surface area contributed by atoms with Crippen LogP contribution in [-0.2, 0) is 16.0 Å². The molecule has 3 heteroatoms. The summed E-state index contributed by atoms with van der Waals surface area (Å²) in [5.41, 5.74) is 0.756. The van der Waals surface area contributed by atoms with E-state index in [-0.39, 0.29) is 11.8 Å². The predicted octanol–water partition coefficient (Wildman–Crippen LogP) is 2.40. The number of hydrogen-bond donors (Lipinski definition) is 0. The van der Waals surface area contributed by atoms with Crippen LogP contribution in [0.2, 0.25) is 0 Å². The highest BCUT2D eigenvalue weighted by Crippen LogP contribution is 2.30. The zero-order chi connectivity index (χ0) is 13.2. The number of benzene rings is 1. The molecule has 1 heterocycles. The third-order valence-corrected chi connectivity index (χ3v) is 3.56. The van der Waals surface area contributed by atoms with Crippen molar-refractivity contribution in [3.05, 3.63) is 35.9 Å². The van der Waals surface area contributed by atoms with Gasteiger partial charge in [-0.3, -0.25) is 14.5 Å². The molecule has 3 nitrogen and oxygen atoms in total. The Balaban J connectivity index is 2.03. The van der Waals surface area contributed by atoms with Crippen LogP contribution in [0.5, 0.6) is 0 Å². The van der Waals surface area contributed by atoms with Crippen LogP contribution >= 0.6 is 0 Å². The zero-order valence-corrected chi connectivity index (χ0v) is 11.0. The van der Waals surface area contributed by atoms with E-state index in [0.717, 1.165) is 12.0 Å². The largest absolute Gasteiger partial charge is 0.282 e.